The first-order chi connectivity index (χ1) is 8.00. The van der Waals surface area contributed by atoms with Crippen molar-refractivity contribution >= 4 is 7.25 Å². The minimum absolute atomic E-state index is 0. The van der Waals surface area contributed by atoms with Crippen LogP contribution in [0.3, 0.4) is 0 Å². The average Bonchev–Trinajstić information content (AvgIpc) is 2.32. The molecule has 0 bridgehead atoms. The van der Waals surface area contributed by atoms with Crippen molar-refractivity contribution in [2.45, 2.75) is 0 Å². The Labute approximate surface area is 116 Å². The number of halogens is 4. The summed E-state index contributed by atoms with van der Waals surface area (Å²) in [6.45, 7) is 0. The molecule has 0 amide bonds. The Morgan fingerprint density at radius 3 is 0.833 bits per heavy atom. The quantitative estimate of drug-likeness (QED) is 0.537. The molecule has 0 aliphatic heterocycles. The van der Waals surface area contributed by atoms with Crippen LogP contribution in [-0.4, -0.2) is 17.2 Å². The van der Waals surface area contributed by atoms with Crippen molar-refractivity contribution in [3.05, 3.63) is 61.2 Å². The molecule has 0 N–H and O–H groups in total. The van der Waals surface area contributed by atoms with E-state index in [0.29, 0.717) is 0 Å². The van der Waals surface area contributed by atoms with Gasteiger partial charge in [0.1, 0.15) is 0 Å². The minimum atomic E-state index is -6.00. The van der Waals surface area contributed by atoms with Gasteiger partial charge in [0.15, 0.2) is 0 Å². The number of rotatable bonds is 0. The van der Waals surface area contributed by atoms with Crippen LogP contribution in [0.25, 0.3) is 0 Å². The fourth-order valence-corrected chi connectivity index (χ4v) is 0.625. The molecule has 2 rings (SSSR count). The second kappa shape index (κ2) is 12.2. The smallest absolute Gasteiger partial charge is 0.418 e. The third kappa shape index (κ3) is 24.1. The first-order valence-corrected chi connectivity index (χ1v) is 4.57. The molecule has 0 spiro atoms. The normalized spacial score (nSPS) is 8.67. The third-order valence-electron chi connectivity index (χ3n) is 1.13. The molecule has 0 radical (unpaired) electrons. The summed E-state index contributed by atoms with van der Waals surface area (Å²) in [5.41, 5.74) is 0. The monoisotopic (exact) mass is 351 g/mol. The number of aromatic nitrogens is 2. The summed E-state index contributed by atoms with van der Waals surface area (Å²) in [6, 6.07) is 11.4. The van der Waals surface area contributed by atoms with Crippen LogP contribution >= 0.6 is 0 Å². The Bertz CT molecular complexity index is 270. The van der Waals surface area contributed by atoms with Gasteiger partial charge in [0.2, 0.25) is 0 Å². The number of hydrogen-bond acceptors (Lipinski definition) is 2. The van der Waals surface area contributed by atoms with E-state index in [9.17, 15) is 17.3 Å². The van der Waals surface area contributed by atoms with Gasteiger partial charge in [-0.15, -0.1) is 0 Å². The molecule has 2 aromatic heterocycles. The van der Waals surface area contributed by atoms with Gasteiger partial charge in [-0.05, 0) is 24.3 Å². The molecule has 18 heavy (non-hydrogen) atoms. The Morgan fingerprint density at radius 2 is 0.778 bits per heavy atom. The van der Waals surface area contributed by atoms with Gasteiger partial charge >= 0.3 is 7.25 Å². The van der Waals surface area contributed by atoms with Crippen LogP contribution in [0.5, 0.6) is 0 Å². The van der Waals surface area contributed by atoms with Crippen molar-refractivity contribution < 1.29 is 37.7 Å². The largest absolute Gasteiger partial charge is 0.673 e. The molecule has 102 valence electrons. The zero-order valence-corrected chi connectivity index (χ0v) is 10.6. The summed E-state index contributed by atoms with van der Waals surface area (Å²) in [5, 5.41) is 0. The Balaban J connectivity index is 0. The van der Waals surface area contributed by atoms with Gasteiger partial charge in [0, 0.05) is 45.2 Å². The topological polar surface area (TPSA) is 25.8 Å². The van der Waals surface area contributed by atoms with Gasteiger partial charge < -0.3 is 17.3 Å². The molecule has 0 aromatic carbocycles. The molecule has 0 saturated carbocycles. The van der Waals surface area contributed by atoms with Crippen LogP contribution in [-0.2, 0) is 20.4 Å². The molecule has 0 unspecified atom stereocenters. The van der Waals surface area contributed by atoms with Crippen LogP contribution < -0.4 is 0 Å². The van der Waals surface area contributed by atoms with Gasteiger partial charge in [-0.25, -0.2) is 0 Å². The summed E-state index contributed by atoms with van der Waals surface area (Å²) < 4.78 is 39.0. The van der Waals surface area contributed by atoms with E-state index in [1.54, 1.807) is 24.8 Å². The predicted octanol–water partition coefficient (Wildman–Crippen LogP) is 3.46. The van der Waals surface area contributed by atoms with E-state index in [2.05, 4.69) is 9.97 Å². The maximum Gasteiger partial charge on any atom is 0.673 e. The predicted molar refractivity (Wildman–Crippen MR) is 58.7 cm³/mol. The van der Waals surface area contributed by atoms with Gasteiger partial charge in [-0.3, -0.25) is 9.97 Å². The van der Waals surface area contributed by atoms with E-state index in [-0.39, 0.29) is 20.4 Å². The van der Waals surface area contributed by atoms with E-state index in [1.165, 1.54) is 0 Å². The molecule has 0 aliphatic rings. The van der Waals surface area contributed by atoms with E-state index in [4.69, 9.17) is 0 Å². The Kier molecular flexibility index (Phi) is 13.0. The molecule has 0 saturated heterocycles. The average molecular weight is 351 g/mol. The Morgan fingerprint density at radius 1 is 0.556 bits per heavy atom. The minimum Gasteiger partial charge on any atom is -0.418 e. The fraction of sp³-hybridized carbons (Fsp3) is 0. The summed E-state index contributed by atoms with van der Waals surface area (Å²) in [7, 11) is -6.00. The van der Waals surface area contributed by atoms with Crippen LogP contribution in [0.2, 0.25) is 0 Å². The molecule has 0 aliphatic carbocycles. The molecule has 8 heteroatoms. The summed E-state index contributed by atoms with van der Waals surface area (Å²) >= 11 is 0. The third-order valence-corrected chi connectivity index (χ3v) is 1.13. The first kappa shape index (κ1) is 19.1. The zero-order valence-electron chi connectivity index (χ0n) is 9.07. The zero-order chi connectivity index (χ0) is 13.0. The van der Waals surface area contributed by atoms with Crippen molar-refractivity contribution in [1.82, 2.24) is 9.97 Å². The number of pyridine rings is 2. The van der Waals surface area contributed by atoms with Crippen molar-refractivity contribution in [1.29, 1.82) is 0 Å². The Hall–Kier alpha value is -1.25. The molecular weight excluding hydrogens is 341 g/mol. The summed E-state index contributed by atoms with van der Waals surface area (Å²) in [5.74, 6) is 0. The van der Waals surface area contributed by atoms with Gasteiger partial charge in [-0.2, -0.15) is 0 Å². The molecule has 2 aromatic rings. The maximum absolute atomic E-state index is 9.75. The standard InChI is InChI=1S/2C5H5N.BF4.Pd/c2*1-2-4-6-5-3-1;2-1(3,4)5;/h2*1-5H;;/q;;-1;. The van der Waals surface area contributed by atoms with E-state index in [1.807, 2.05) is 36.4 Å². The molecular formula is C10H10BF4N2Pd-. The van der Waals surface area contributed by atoms with Gasteiger partial charge in [0.05, 0.1) is 0 Å². The first-order valence-electron chi connectivity index (χ1n) is 4.57. The fourth-order valence-electron chi connectivity index (χ4n) is 0.625. The van der Waals surface area contributed by atoms with Gasteiger partial charge in [0.25, 0.3) is 0 Å². The number of nitrogens with zero attached hydrogens (tertiary/aromatic N) is 2. The SMILES string of the molecule is F[B-](F)(F)F.[Pd].c1ccncc1.c1ccncc1. The maximum atomic E-state index is 9.75. The van der Waals surface area contributed by atoms with Gasteiger partial charge in [-0.1, -0.05) is 12.1 Å². The van der Waals surface area contributed by atoms with E-state index in [0.717, 1.165) is 0 Å². The molecule has 2 heterocycles. The van der Waals surface area contributed by atoms with Crippen LogP contribution in [0.15, 0.2) is 61.2 Å². The molecule has 2 nitrogen and oxygen atoms in total. The van der Waals surface area contributed by atoms with Crippen LogP contribution in [0, 0.1) is 0 Å². The van der Waals surface area contributed by atoms with Crippen LogP contribution in [0.1, 0.15) is 0 Å². The van der Waals surface area contributed by atoms with Crippen molar-refractivity contribution in [3.63, 3.8) is 0 Å². The molecule has 0 atom stereocenters. The van der Waals surface area contributed by atoms with Crippen molar-refractivity contribution in [2.75, 3.05) is 0 Å². The second-order valence-electron chi connectivity index (χ2n) is 2.54. The summed E-state index contributed by atoms with van der Waals surface area (Å²) in [6.07, 6.45) is 7.00. The van der Waals surface area contributed by atoms with Crippen LogP contribution in [0.4, 0.5) is 17.3 Å². The van der Waals surface area contributed by atoms with E-state index < -0.39 is 7.25 Å². The van der Waals surface area contributed by atoms with Crippen molar-refractivity contribution in [3.8, 4) is 0 Å². The summed E-state index contributed by atoms with van der Waals surface area (Å²) in [4.78, 5) is 7.57. The van der Waals surface area contributed by atoms with E-state index >= 15 is 0 Å². The second-order valence-corrected chi connectivity index (χ2v) is 2.54. The van der Waals surface area contributed by atoms with Crippen molar-refractivity contribution in [2.24, 2.45) is 0 Å². The number of hydrogen-bond donors (Lipinski definition) is 0. The molecule has 0 fully saturated rings.